The standard InChI is InChI=1S/C13H20FN3O/c1-4-17(8-9(2)3)12-6-5-10(14)7-11(12)13(15)16-18/h5-7,9,18H,4,8H2,1-3H3,(H2,15,16). The van der Waals surface area contributed by atoms with Crippen LogP contribution in [0.4, 0.5) is 10.1 Å². The van der Waals surface area contributed by atoms with Crippen molar-refractivity contribution >= 4 is 11.5 Å². The van der Waals surface area contributed by atoms with Crippen molar-refractivity contribution in [3.63, 3.8) is 0 Å². The molecule has 1 aromatic rings. The topological polar surface area (TPSA) is 61.8 Å². The smallest absolute Gasteiger partial charge is 0.172 e. The predicted molar refractivity (Wildman–Crippen MR) is 71.6 cm³/mol. The number of oxime groups is 1. The number of nitrogens with zero attached hydrogens (tertiary/aromatic N) is 2. The highest BCUT2D eigenvalue weighted by Crippen LogP contribution is 2.22. The first-order chi connectivity index (χ1) is 8.49. The van der Waals surface area contributed by atoms with Crippen LogP contribution in [0.3, 0.4) is 0 Å². The molecule has 0 aromatic heterocycles. The van der Waals surface area contributed by atoms with E-state index in [0.29, 0.717) is 11.5 Å². The van der Waals surface area contributed by atoms with Crippen LogP contribution >= 0.6 is 0 Å². The van der Waals surface area contributed by atoms with E-state index in [1.807, 2.05) is 6.92 Å². The van der Waals surface area contributed by atoms with E-state index < -0.39 is 5.82 Å². The van der Waals surface area contributed by atoms with Gasteiger partial charge in [0.1, 0.15) is 5.82 Å². The maximum Gasteiger partial charge on any atom is 0.172 e. The number of nitrogens with two attached hydrogens (primary N) is 1. The lowest BCUT2D eigenvalue weighted by atomic mass is 10.1. The molecule has 5 heteroatoms. The number of amidine groups is 1. The number of benzene rings is 1. The summed E-state index contributed by atoms with van der Waals surface area (Å²) in [6, 6.07) is 4.33. The Labute approximate surface area is 107 Å². The molecule has 1 rings (SSSR count). The Kier molecular flexibility index (Phi) is 4.95. The van der Waals surface area contributed by atoms with E-state index in [9.17, 15) is 4.39 Å². The molecule has 0 aliphatic rings. The fraction of sp³-hybridized carbons (Fsp3) is 0.462. The van der Waals surface area contributed by atoms with Gasteiger partial charge >= 0.3 is 0 Å². The summed E-state index contributed by atoms with van der Waals surface area (Å²) in [7, 11) is 0. The molecule has 0 bridgehead atoms. The van der Waals surface area contributed by atoms with E-state index >= 15 is 0 Å². The second-order valence-electron chi connectivity index (χ2n) is 4.58. The van der Waals surface area contributed by atoms with Gasteiger partial charge in [0.05, 0.1) is 0 Å². The van der Waals surface area contributed by atoms with Gasteiger partial charge in [-0.05, 0) is 31.0 Å². The van der Waals surface area contributed by atoms with Crippen molar-refractivity contribution < 1.29 is 9.60 Å². The third-order valence-corrected chi connectivity index (χ3v) is 2.65. The van der Waals surface area contributed by atoms with Crippen LogP contribution in [-0.4, -0.2) is 24.1 Å². The predicted octanol–water partition coefficient (Wildman–Crippen LogP) is 2.40. The molecular formula is C13H20FN3O. The van der Waals surface area contributed by atoms with E-state index in [0.717, 1.165) is 18.8 Å². The van der Waals surface area contributed by atoms with E-state index in [1.165, 1.54) is 12.1 Å². The zero-order valence-corrected chi connectivity index (χ0v) is 11.0. The lowest BCUT2D eigenvalue weighted by molar-refractivity contribution is 0.318. The monoisotopic (exact) mass is 253 g/mol. The van der Waals surface area contributed by atoms with Gasteiger partial charge in [0.15, 0.2) is 5.84 Å². The number of halogens is 1. The van der Waals surface area contributed by atoms with Crippen LogP contribution in [-0.2, 0) is 0 Å². The van der Waals surface area contributed by atoms with E-state index in [-0.39, 0.29) is 5.84 Å². The minimum absolute atomic E-state index is 0.0771. The van der Waals surface area contributed by atoms with Crippen LogP contribution in [0.15, 0.2) is 23.4 Å². The molecule has 100 valence electrons. The second-order valence-corrected chi connectivity index (χ2v) is 4.58. The molecule has 0 aliphatic carbocycles. The Morgan fingerprint density at radius 2 is 2.17 bits per heavy atom. The normalized spacial score (nSPS) is 11.9. The van der Waals surface area contributed by atoms with Crippen molar-refractivity contribution in [2.75, 3.05) is 18.0 Å². The van der Waals surface area contributed by atoms with Crippen molar-refractivity contribution in [2.24, 2.45) is 16.8 Å². The van der Waals surface area contributed by atoms with Crippen molar-refractivity contribution in [3.05, 3.63) is 29.6 Å². The average Bonchev–Trinajstić information content (AvgIpc) is 2.35. The van der Waals surface area contributed by atoms with Crippen molar-refractivity contribution in [2.45, 2.75) is 20.8 Å². The molecule has 0 saturated heterocycles. The first-order valence-corrected chi connectivity index (χ1v) is 6.02. The minimum atomic E-state index is -0.402. The van der Waals surface area contributed by atoms with Gasteiger partial charge in [-0.15, -0.1) is 0 Å². The largest absolute Gasteiger partial charge is 0.409 e. The van der Waals surface area contributed by atoms with Crippen molar-refractivity contribution in [1.29, 1.82) is 0 Å². The van der Waals surface area contributed by atoms with Gasteiger partial charge in [-0.1, -0.05) is 19.0 Å². The first kappa shape index (κ1) is 14.3. The molecule has 0 aliphatic heterocycles. The quantitative estimate of drug-likeness (QED) is 0.366. The molecule has 0 unspecified atom stereocenters. The summed E-state index contributed by atoms with van der Waals surface area (Å²) in [4.78, 5) is 2.08. The van der Waals surface area contributed by atoms with Crippen molar-refractivity contribution in [1.82, 2.24) is 0 Å². The highest BCUT2D eigenvalue weighted by atomic mass is 19.1. The Balaban J connectivity index is 3.21. The molecular weight excluding hydrogens is 233 g/mol. The Hall–Kier alpha value is -1.78. The number of hydrogen-bond acceptors (Lipinski definition) is 3. The summed E-state index contributed by atoms with van der Waals surface area (Å²) in [5.74, 6) is -0.0113. The van der Waals surface area contributed by atoms with Crippen LogP contribution in [0.1, 0.15) is 26.3 Å². The minimum Gasteiger partial charge on any atom is -0.409 e. The summed E-state index contributed by atoms with van der Waals surface area (Å²) in [6.07, 6.45) is 0. The molecule has 0 atom stereocenters. The molecule has 18 heavy (non-hydrogen) atoms. The van der Waals surface area contributed by atoms with E-state index in [2.05, 4.69) is 23.9 Å². The maximum atomic E-state index is 13.3. The molecule has 0 fully saturated rings. The molecule has 0 heterocycles. The first-order valence-electron chi connectivity index (χ1n) is 6.02. The van der Waals surface area contributed by atoms with E-state index in [1.54, 1.807) is 6.07 Å². The molecule has 4 nitrogen and oxygen atoms in total. The Morgan fingerprint density at radius 1 is 1.50 bits per heavy atom. The van der Waals surface area contributed by atoms with E-state index in [4.69, 9.17) is 10.9 Å². The lowest BCUT2D eigenvalue weighted by Crippen LogP contribution is -2.30. The zero-order chi connectivity index (χ0) is 13.7. The maximum absolute atomic E-state index is 13.3. The van der Waals surface area contributed by atoms with Gasteiger partial charge in [-0.3, -0.25) is 0 Å². The van der Waals surface area contributed by atoms with Gasteiger partial charge in [-0.2, -0.15) is 0 Å². The highest BCUT2D eigenvalue weighted by Gasteiger charge is 2.14. The SMILES string of the molecule is CCN(CC(C)C)c1ccc(F)cc1C(N)=NO. The summed E-state index contributed by atoms with van der Waals surface area (Å²) in [5.41, 5.74) is 6.79. The molecule has 3 N–H and O–H groups in total. The van der Waals surface area contributed by atoms with Crippen molar-refractivity contribution in [3.8, 4) is 0 Å². The van der Waals surface area contributed by atoms with Gasteiger partial charge < -0.3 is 15.8 Å². The fourth-order valence-corrected chi connectivity index (χ4v) is 1.88. The van der Waals surface area contributed by atoms with Crippen LogP contribution in [0.2, 0.25) is 0 Å². The Morgan fingerprint density at radius 3 is 2.67 bits per heavy atom. The highest BCUT2D eigenvalue weighted by molar-refractivity contribution is 6.02. The van der Waals surface area contributed by atoms with Crippen LogP contribution in [0.5, 0.6) is 0 Å². The van der Waals surface area contributed by atoms with Gasteiger partial charge in [-0.25, -0.2) is 4.39 Å². The average molecular weight is 253 g/mol. The van der Waals surface area contributed by atoms with Gasteiger partial charge in [0, 0.05) is 24.3 Å². The van der Waals surface area contributed by atoms with Gasteiger partial charge in [0.2, 0.25) is 0 Å². The molecule has 0 radical (unpaired) electrons. The molecule has 0 saturated carbocycles. The van der Waals surface area contributed by atoms with Crippen LogP contribution in [0, 0.1) is 11.7 Å². The molecule has 0 amide bonds. The lowest BCUT2D eigenvalue weighted by Gasteiger charge is -2.27. The summed E-state index contributed by atoms with van der Waals surface area (Å²) >= 11 is 0. The number of anilines is 1. The molecule has 1 aromatic carbocycles. The summed E-state index contributed by atoms with van der Waals surface area (Å²) < 4.78 is 13.3. The Bertz CT molecular complexity index is 432. The summed E-state index contributed by atoms with van der Waals surface area (Å²) in [5, 5.41) is 11.7. The summed E-state index contributed by atoms with van der Waals surface area (Å²) in [6.45, 7) is 7.83. The number of hydrogen-bond donors (Lipinski definition) is 2. The number of rotatable bonds is 5. The van der Waals surface area contributed by atoms with Crippen LogP contribution < -0.4 is 10.6 Å². The second kappa shape index (κ2) is 6.23. The zero-order valence-electron chi connectivity index (χ0n) is 11.0. The van der Waals surface area contributed by atoms with Gasteiger partial charge in [0.25, 0.3) is 0 Å². The fourth-order valence-electron chi connectivity index (χ4n) is 1.88. The van der Waals surface area contributed by atoms with Crippen LogP contribution in [0.25, 0.3) is 0 Å². The third kappa shape index (κ3) is 3.35. The molecule has 0 spiro atoms. The third-order valence-electron chi connectivity index (χ3n) is 2.65.